The molecule has 0 fully saturated rings. The SMILES string of the molecule is COc1cc(N[C@@H]2c3ncccc3C(=O)N2Cc2cccs2)cc(OC)c1OC. The maximum Gasteiger partial charge on any atom is 0.258 e. The molecule has 0 aliphatic carbocycles. The van der Waals surface area contributed by atoms with Crippen molar-refractivity contribution in [3.63, 3.8) is 0 Å². The molecule has 4 rings (SSSR count). The minimum Gasteiger partial charge on any atom is -0.493 e. The molecule has 8 heteroatoms. The van der Waals surface area contributed by atoms with Gasteiger partial charge in [0.25, 0.3) is 5.91 Å². The van der Waals surface area contributed by atoms with Crippen LogP contribution in [-0.4, -0.2) is 37.1 Å². The van der Waals surface area contributed by atoms with Gasteiger partial charge in [-0.15, -0.1) is 11.3 Å². The number of nitrogens with one attached hydrogen (secondary N) is 1. The number of hydrogen-bond acceptors (Lipinski definition) is 7. The Bertz CT molecular complexity index is 998. The van der Waals surface area contributed by atoms with Crippen molar-refractivity contribution >= 4 is 22.9 Å². The molecule has 0 unspecified atom stereocenters. The fourth-order valence-electron chi connectivity index (χ4n) is 3.44. The van der Waals surface area contributed by atoms with Crippen LogP contribution in [0.1, 0.15) is 27.1 Å². The first-order valence-corrected chi connectivity index (χ1v) is 9.89. The van der Waals surface area contributed by atoms with Crippen molar-refractivity contribution in [1.82, 2.24) is 9.88 Å². The minimum absolute atomic E-state index is 0.0496. The first-order chi connectivity index (χ1) is 14.2. The van der Waals surface area contributed by atoms with E-state index in [9.17, 15) is 4.79 Å². The summed E-state index contributed by atoms with van der Waals surface area (Å²) in [6.45, 7) is 0.495. The summed E-state index contributed by atoms with van der Waals surface area (Å²) in [5.74, 6) is 1.53. The van der Waals surface area contributed by atoms with Gasteiger partial charge < -0.3 is 24.4 Å². The molecule has 0 saturated heterocycles. The van der Waals surface area contributed by atoms with Crippen LogP contribution in [0.2, 0.25) is 0 Å². The zero-order valence-corrected chi connectivity index (χ0v) is 17.2. The highest BCUT2D eigenvalue weighted by molar-refractivity contribution is 7.09. The minimum atomic E-state index is -0.413. The number of benzene rings is 1. The molecule has 3 heterocycles. The molecule has 1 N–H and O–H groups in total. The molecule has 0 radical (unpaired) electrons. The van der Waals surface area contributed by atoms with Crippen molar-refractivity contribution < 1.29 is 19.0 Å². The third kappa shape index (κ3) is 3.47. The van der Waals surface area contributed by atoms with E-state index in [1.807, 2.05) is 35.7 Å². The molecular weight excluding hydrogens is 390 g/mol. The van der Waals surface area contributed by atoms with E-state index < -0.39 is 6.17 Å². The molecule has 0 saturated carbocycles. The Kier molecular flexibility index (Phi) is 5.26. The van der Waals surface area contributed by atoms with Crippen LogP contribution >= 0.6 is 11.3 Å². The normalized spacial score (nSPS) is 15.2. The van der Waals surface area contributed by atoms with Crippen molar-refractivity contribution in [2.45, 2.75) is 12.7 Å². The number of nitrogens with zero attached hydrogens (tertiary/aromatic N) is 2. The Labute approximate surface area is 172 Å². The standard InChI is InChI=1S/C21H21N3O4S/c1-26-16-10-13(11-17(27-2)19(16)28-3)23-20-18-15(7-4-8-22-18)21(25)24(20)12-14-6-5-9-29-14/h4-11,20,23H,12H2,1-3H3/t20-/m0/s1. The van der Waals surface area contributed by atoms with Crippen LogP contribution in [0, 0.1) is 0 Å². The monoisotopic (exact) mass is 411 g/mol. The summed E-state index contributed by atoms with van der Waals surface area (Å²) < 4.78 is 16.3. The van der Waals surface area contributed by atoms with Gasteiger partial charge >= 0.3 is 0 Å². The molecule has 0 spiro atoms. The predicted octanol–water partition coefficient (Wildman–Crippen LogP) is 3.94. The summed E-state index contributed by atoms with van der Waals surface area (Å²) in [6.07, 6.45) is 1.29. The number of rotatable bonds is 7. The summed E-state index contributed by atoms with van der Waals surface area (Å²) >= 11 is 1.62. The second kappa shape index (κ2) is 8.00. The van der Waals surface area contributed by atoms with Gasteiger partial charge in [0.15, 0.2) is 11.5 Å². The zero-order chi connectivity index (χ0) is 20.4. The van der Waals surface area contributed by atoms with E-state index in [1.165, 1.54) is 0 Å². The number of pyridine rings is 1. The molecule has 150 valence electrons. The molecular formula is C21H21N3O4S. The van der Waals surface area contributed by atoms with Gasteiger partial charge in [-0.1, -0.05) is 6.07 Å². The topological polar surface area (TPSA) is 72.9 Å². The average Bonchev–Trinajstić information content (AvgIpc) is 3.36. The van der Waals surface area contributed by atoms with E-state index in [2.05, 4.69) is 10.3 Å². The lowest BCUT2D eigenvalue weighted by atomic mass is 10.2. The fraction of sp³-hybridized carbons (Fsp3) is 0.238. The van der Waals surface area contributed by atoms with Gasteiger partial charge in [-0.2, -0.15) is 0 Å². The molecule has 3 aromatic rings. The molecule has 1 amide bonds. The van der Waals surface area contributed by atoms with Gasteiger partial charge in [0.05, 0.1) is 39.1 Å². The van der Waals surface area contributed by atoms with Crippen LogP contribution < -0.4 is 19.5 Å². The Morgan fingerprint density at radius 1 is 1.10 bits per heavy atom. The van der Waals surface area contributed by atoms with E-state index in [1.54, 1.807) is 49.8 Å². The molecule has 29 heavy (non-hydrogen) atoms. The van der Waals surface area contributed by atoms with Crippen LogP contribution in [0.4, 0.5) is 5.69 Å². The number of methoxy groups -OCH3 is 3. The van der Waals surface area contributed by atoms with E-state index in [0.717, 1.165) is 10.6 Å². The highest BCUT2D eigenvalue weighted by Crippen LogP contribution is 2.42. The number of ether oxygens (including phenoxy) is 3. The number of anilines is 1. The lowest BCUT2D eigenvalue weighted by Crippen LogP contribution is -2.31. The number of fused-ring (bicyclic) bond motifs is 1. The lowest BCUT2D eigenvalue weighted by molar-refractivity contribution is 0.0729. The number of hydrogen-bond donors (Lipinski definition) is 1. The van der Waals surface area contributed by atoms with Crippen LogP contribution in [0.3, 0.4) is 0 Å². The number of amides is 1. The van der Waals surface area contributed by atoms with E-state index in [4.69, 9.17) is 14.2 Å². The van der Waals surface area contributed by atoms with Crippen LogP contribution in [0.5, 0.6) is 17.2 Å². The first-order valence-electron chi connectivity index (χ1n) is 9.01. The fourth-order valence-corrected chi connectivity index (χ4v) is 4.14. The Balaban J connectivity index is 1.72. The smallest absolute Gasteiger partial charge is 0.258 e. The van der Waals surface area contributed by atoms with E-state index in [-0.39, 0.29) is 5.91 Å². The summed E-state index contributed by atoms with van der Waals surface area (Å²) in [6, 6.07) is 11.2. The number of thiophene rings is 1. The average molecular weight is 411 g/mol. The van der Waals surface area contributed by atoms with Gasteiger partial charge in [0, 0.05) is 28.9 Å². The van der Waals surface area contributed by atoms with E-state index >= 15 is 0 Å². The maximum absolute atomic E-state index is 13.1. The number of carbonyl (C=O) groups is 1. The van der Waals surface area contributed by atoms with Gasteiger partial charge in [-0.3, -0.25) is 9.78 Å². The number of aromatic nitrogens is 1. The summed E-state index contributed by atoms with van der Waals surface area (Å²) in [7, 11) is 4.70. The van der Waals surface area contributed by atoms with Crippen LogP contribution in [0.25, 0.3) is 0 Å². The molecule has 7 nitrogen and oxygen atoms in total. The number of carbonyl (C=O) groups excluding carboxylic acids is 1. The molecule has 2 aromatic heterocycles. The van der Waals surface area contributed by atoms with Crippen molar-refractivity contribution in [1.29, 1.82) is 0 Å². The van der Waals surface area contributed by atoms with Gasteiger partial charge in [-0.25, -0.2) is 0 Å². The highest BCUT2D eigenvalue weighted by Gasteiger charge is 2.38. The molecule has 1 aliphatic rings. The zero-order valence-electron chi connectivity index (χ0n) is 16.3. The lowest BCUT2D eigenvalue weighted by Gasteiger charge is -2.26. The highest BCUT2D eigenvalue weighted by atomic mass is 32.1. The molecule has 1 aliphatic heterocycles. The third-order valence-electron chi connectivity index (χ3n) is 4.77. The van der Waals surface area contributed by atoms with Crippen molar-refractivity contribution in [2.24, 2.45) is 0 Å². The molecule has 1 atom stereocenters. The van der Waals surface area contributed by atoms with Gasteiger partial charge in [0.2, 0.25) is 5.75 Å². The molecule has 1 aromatic carbocycles. The quantitative estimate of drug-likeness (QED) is 0.635. The Morgan fingerprint density at radius 2 is 1.86 bits per heavy atom. The van der Waals surface area contributed by atoms with Gasteiger partial charge in [-0.05, 0) is 23.6 Å². The van der Waals surface area contributed by atoms with Crippen molar-refractivity contribution in [3.8, 4) is 17.2 Å². The summed E-state index contributed by atoms with van der Waals surface area (Å²) in [5, 5.41) is 5.43. The van der Waals surface area contributed by atoms with Gasteiger partial charge in [0.1, 0.15) is 6.17 Å². The summed E-state index contributed by atoms with van der Waals surface area (Å²) in [5.41, 5.74) is 2.03. The molecule has 0 bridgehead atoms. The predicted molar refractivity (Wildman–Crippen MR) is 111 cm³/mol. The maximum atomic E-state index is 13.1. The largest absolute Gasteiger partial charge is 0.493 e. The van der Waals surface area contributed by atoms with E-state index in [0.29, 0.717) is 35.1 Å². The van der Waals surface area contributed by atoms with Crippen LogP contribution in [0.15, 0.2) is 48.0 Å². The van der Waals surface area contributed by atoms with Crippen LogP contribution in [-0.2, 0) is 6.54 Å². The van der Waals surface area contributed by atoms with Crippen molar-refractivity contribution in [3.05, 3.63) is 64.1 Å². The third-order valence-corrected chi connectivity index (χ3v) is 5.64. The Morgan fingerprint density at radius 3 is 2.48 bits per heavy atom. The second-order valence-corrected chi connectivity index (χ2v) is 7.44. The second-order valence-electron chi connectivity index (χ2n) is 6.41. The first kappa shape index (κ1) is 19.1. The van der Waals surface area contributed by atoms with Crippen molar-refractivity contribution in [2.75, 3.05) is 26.6 Å². The Hall–Kier alpha value is -3.26. The summed E-state index contributed by atoms with van der Waals surface area (Å²) in [4.78, 5) is 20.4.